The molecular weight excluding hydrogens is 566 g/mol. The maximum absolute atomic E-state index is 4.99. The molecule has 0 saturated carbocycles. The van der Waals surface area contributed by atoms with Crippen LogP contribution in [0, 0.1) is 0 Å². The van der Waals surface area contributed by atoms with E-state index in [4.69, 9.17) is 15.0 Å². The molecule has 3 heterocycles. The molecule has 0 spiro atoms. The third-order valence-corrected chi connectivity index (χ3v) is 8.31. The first kappa shape index (κ1) is 26.0. The Balaban J connectivity index is 1.30. The molecule has 0 fully saturated rings. The maximum atomic E-state index is 4.99. The van der Waals surface area contributed by atoms with E-state index in [-0.39, 0.29) is 0 Å². The molecule has 9 aromatic rings. The van der Waals surface area contributed by atoms with Crippen molar-refractivity contribution in [1.29, 1.82) is 0 Å². The molecule has 0 radical (unpaired) electrons. The van der Waals surface area contributed by atoms with Crippen LogP contribution in [0.1, 0.15) is 0 Å². The highest BCUT2D eigenvalue weighted by atomic mass is 15.4. The van der Waals surface area contributed by atoms with Gasteiger partial charge in [-0.15, -0.1) is 5.10 Å². The summed E-state index contributed by atoms with van der Waals surface area (Å²) < 4.78 is 4.23. The van der Waals surface area contributed by atoms with Crippen molar-refractivity contribution in [2.45, 2.75) is 0 Å². The van der Waals surface area contributed by atoms with Crippen molar-refractivity contribution >= 4 is 32.8 Å². The van der Waals surface area contributed by atoms with Gasteiger partial charge in [0.15, 0.2) is 17.5 Å². The molecule has 0 bridgehead atoms. The number of nitrogens with zero attached hydrogens (tertiary/aromatic N) is 7. The standard InChI is InChI=1S/C39H25N7/c1-4-13-26(14-5-1)37-40-38(27-15-6-2-7-16-27)42-39(41-37)28-17-12-20-30(25-28)45-34-22-11-10-21-31(34)32-23-24-33-36(35(32)45)46(44-43-33)29-18-8-3-9-19-29/h1-25H. The average molecular weight is 592 g/mol. The van der Waals surface area contributed by atoms with Crippen molar-refractivity contribution in [3.63, 3.8) is 0 Å². The summed E-state index contributed by atoms with van der Waals surface area (Å²) in [7, 11) is 0. The van der Waals surface area contributed by atoms with Gasteiger partial charge in [-0.2, -0.15) is 0 Å². The molecule has 216 valence electrons. The first-order valence-corrected chi connectivity index (χ1v) is 15.1. The topological polar surface area (TPSA) is 74.3 Å². The van der Waals surface area contributed by atoms with Gasteiger partial charge < -0.3 is 4.57 Å². The van der Waals surface area contributed by atoms with Crippen LogP contribution < -0.4 is 0 Å². The fourth-order valence-electron chi connectivity index (χ4n) is 6.20. The minimum absolute atomic E-state index is 0.608. The molecule has 0 N–H and O–H groups in total. The van der Waals surface area contributed by atoms with Crippen molar-refractivity contribution in [2.75, 3.05) is 0 Å². The third-order valence-electron chi connectivity index (χ3n) is 8.31. The zero-order valence-electron chi connectivity index (χ0n) is 24.6. The Kier molecular flexibility index (Phi) is 5.99. The number of hydrogen-bond donors (Lipinski definition) is 0. The minimum Gasteiger partial charge on any atom is -0.307 e. The number of hydrogen-bond acceptors (Lipinski definition) is 5. The van der Waals surface area contributed by atoms with Gasteiger partial charge in [0, 0.05) is 33.2 Å². The molecular formula is C39H25N7. The third kappa shape index (κ3) is 4.25. The molecule has 0 unspecified atom stereocenters. The summed E-state index contributed by atoms with van der Waals surface area (Å²) in [6, 6.07) is 51.3. The predicted octanol–water partition coefficient (Wildman–Crippen LogP) is 8.70. The zero-order valence-corrected chi connectivity index (χ0v) is 24.6. The van der Waals surface area contributed by atoms with Crippen molar-refractivity contribution < 1.29 is 0 Å². The second-order valence-corrected chi connectivity index (χ2v) is 11.1. The molecule has 0 aliphatic heterocycles. The number of benzene rings is 6. The Morgan fingerprint density at radius 2 is 0.978 bits per heavy atom. The summed E-state index contributed by atoms with van der Waals surface area (Å²) in [6.07, 6.45) is 0. The van der Waals surface area contributed by atoms with Crippen LogP contribution in [0.2, 0.25) is 0 Å². The normalized spacial score (nSPS) is 11.5. The SMILES string of the molecule is c1ccc(-c2nc(-c3ccccc3)nc(-c3cccc(-n4c5ccccc5c5ccc6nnn(-c7ccccc7)c6c54)c3)n2)cc1. The van der Waals surface area contributed by atoms with Crippen LogP contribution in [0.3, 0.4) is 0 Å². The highest BCUT2D eigenvalue weighted by molar-refractivity contribution is 6.17. The number of fused-ring (bicyclic) bond motifs is 5. The van der Waals surface area contributed by atoms with Crippen LogP contribution in [0.5, 0.6) is 0 Å². The predicted molar refractivity (Wildman–Crippen MR) is 183 cm³/mol. The lowest BCUT2D eigenvalue weighted by atomic mass is 10.1. The lowest BCUT2D eigenvalue weighted by Gasteiger charge is -2.12. The molecule has 0 aliphatic rings. The van der Waals surface area contributed by atoms with Gasteiger partial charge in [0.25, 0.3) is 0 Å². The van der Waals surface area contributed by atoms with E-state index in [1.165, 1.54) is 0 Å². The second-order valence-electron chi connectivity index (χ2n) is 11.1. The Hall–Kier alpha value is -6.47. The van der Waals surface area contributed by atoms with Crippen molar-refractivity contribution in [2.24, 2.45) is 0 Å². The van der Waals surface area contributed by atoms with E-state index in [0.717, 1.165) is 60.9 Å². The summed E-state index contributed by atoms with van der Waals surface area (Å²) in [5.74, 6) is 1.87. The summed E-state index contributed by atoms with van der Waals surface area (Å²) in [5.41, 5.74) is 8.61. The number of aromatic nitrogens is 7. The summed E-state index contributed by atoms with van der Waals surface area (Å²) in [5, 5.41) is 11.4. The molecule has 9 rings (SSSR count). The van der Waals surface area contributed by atoms with Crippen LogP contribution in [0.4, 0.5) is 0 Å². The van der Waals surface area contributed by atoms with E-state index in [9.17, 15) is 0 Å². The van der Waals surface area contributed by atoms with Gasteiger partial charge in [-0.25, -0.2) is 19.6 Å². The minimum atomic E-state index is 0.608. The van der Waals surface area contributed by atoms with Crippen LogP contribution in [0.25, 0.3) is 78.4 Å². The molecule has 0 aliphatic carbocycles. The Labute approximate surface area is 264 Å². The molecule has 3 aromatic heterocycles. The first-order chi connectivity index (χ1) is 22.8. The quantitative estimate of drug-likeness (QED) is 0.200. The van der Waals surface area contributed by atoms with E-state index in [1.54, 1.807) is 0 Å². The van der Waals surface area contributed by atoms with Gasteiger partial charge in [0.2, 0.25) is 0 Å². The highest BCUT2D eigenvalue weighted by Crippen LogP contribution is 2.37. The van der Waals surface area contributed by atoms with Crippen LogP contribution in [0.15, 0.2) is 152 Å². The number of rotatable bonds is 5. The van der Waals surface area contributed by atoms with E-state index >= 15 is 0 Å². The fourth-order valence-corrected chi connectivity index (χ4v) is 6.20. The largest absolute Gasteiger partial charge is 0.307 e. The van der Waals surface area contributed by atoms with Crippen molar-refractivity contribution in [3.8, 4) is 45.5 Å². The van der Waals surface area contributed by atoms with Crippen molar-refractivity contribution in [3.05, 3.63) is 152 Å². The van der Waals surface area contributed by atoms with Crippen LogP contribution in [-0.4, -0.2) is 34.5 Å². The smallest absolute Gasteiger partial charge is 0.164 e. The Bertz CT molecular complexity index is 2460. The monoisotopic (exact) mass is 591 g/mol. The first-order valence-electron chi connectivity index (χ1n) is 15.1. The molecule has 6 aromatic carbocycles. The molecule has 0 amide bonds. The fraction of sp³-hybridized carbons (Fsp3) is 0. The second kappa shape index (κ2) is 10.6. The van der Waals surface area contributed by atoms with Gasteiger partial charge in [0.1, 0.15) is 11.0 Å². The molecule has 0 saturated heterocycles. The van der Waals surface area contributed by atoms with E-state index in [0.29, 0.717) is 17.5 Å². The van der Waals surface area contributed by atoms with E-state index < -0.39 is 0 Å². The molecule has 7 nitrogen and oxygen atoms in total. The molecule has 7 heteroatoms. The molecule has 0 atom stereocenters. The van der Waals surface area contributed by atoms with Crippen LogP contribution >= 0.6 is 0 Å². The van der Waals surface area contributed by atoms with Crippen LogP contribution in [-0.2, 0) is 0 Å². The average Bonchev–Trinajstić information content (AvgIpc) is 3.72. The summed E-state index contributed by atoms with van der Waals surface area (Å²) in [4.78, 5) is 14.8. The Morgan fingerprint density at radius 3 is 1.67 bits per heavy atom. The lowest BCUT2D eigenvalue weighted by molar-refractivity contribution is 0.824. The number of para-hydroxylation sites is 2. The van der Waals surface area contributed by atoms with E-state index in [1.807, 2.05) is 83.5 Å². The van der Waals surface area contributed by atoms with E-state index in [2.05, 4.69) is 87.7 Å². The summed E-state index contributed by atoms with van der Waals surface area (Å²) >= 11 is 0. The highest BCUT2D eigenvalue weighted by Gasteiger charge is 2.20. The van der Waals surface area contributed by atoms with Gasteiger partial charge in [-0.05, 0) is 42.5 Å². The van der Waals surface area contributed by atoms with Crippen molar-refractivity contribution in [1.82, 2.24) is 34.5 Å². The summed E-state index contributed by atoms with van der Waals surface area (Å²) in [6.45, 7) is 0. The van der Waals surface area contributed by atoms with Gasteiger partial charge in [0.05, 0.1) is 16.7 Å². The maximum Gasteiger partial charge on any atom is 0.164 e. The van der Waals surface area contributed by atoms with Gasteiger partial charge in [-0.3, -0.25) is 0 Å². The molecule has 46 heavy (non-hydrogen) atoms. The lowest BCUT2D eigenvalue weighted by Crippen LogP contribution is -2.02. The van der Waals surface area contributed by atoms with Gasteiger partial charge in [-0.1, -0.05) is 114 Å². The zero-order chi connectivity index (χ0) is 30.5. The van der Waals surface area contributed by atoms with Gasteiger partial charge >= 0.3 is 0 Å². The Morgan fingerprint density at radius 1 is 0.413 bits per heavy atom.